The van der Waals surface area contributed by atoms with Crippen LogP contribution in [0.15, 0.2) is 0 Å². The highest BCUT2D eigenvalue weighted by Crippen LogP contribution is 2.17. The molecule has 1 rings (SSSR count). The second kappa shape index (κ2) is 6.89. The Kier molecular flexibility index (Phi) is 5.81. The molecule has 94 valence electrons. The summed E-state index contributed by atoms with van der Waals surface area (Å²) in [5.41, 5.74) is 5.84. The first kappa shape index (κ1) is 13.5. The summed E-state index contributed by atoms with van der Waals surface area (Å²) in [6, 6.07) is 0.730. The average molecular weight is 226 g/mol. The minimum atomic E-state index is 0.224. The molecule has 0 radical (unpaired) electrons. The molecule has 1 aliphatic carbocycles. The third kappa shape index (κ3) is 4.97. The highest BCUT2D eigenvalue weighted by Gasteiger charge is 2.20. The van der Waals surface area contributed by atoms with Crippen LogP contribution in [0.25, 0.3) is 0 Å². The fourth-order valence-corrected chi connectivity index (χ4v) is 2.46. The van der Waals surface area contributed by atoms with E-state index >= 15 is 0 Å². The normalized spacial score (nSPS) is 27.4. The van der Waals surface area contributed by atoms with Crippen molar-refractivity contribution in [3.8, 4) is 0 Å². The molecule has 16 heavy (non-hydrogen) atoms. The van der Waals surface area contributed by atoms with E-state index < -0.39 is 0 Å². The van der Waals surface area contributed by atoms with E-state index in [1.807, 2.05) is 0 Å². The molecule has 0 aromatic rings. The highest BCUT2D eigenvalue weighted by molar-refractivity contribution is 5.76. The molecule has 1 unspecified atom stereocenters. The second-order valence-corrected chi connectivity index (χ2v) is 5.28. The zero-order chi connectivity index (χ0) is 12.0. The number of amides is 1. The van der Waals surface area contributed by atoms with Crippen molar-refractivity contribution in [2.75, 3.05) is 0 Å². The van der Waals surface area contributed by atoms with Gasteiger partial charge in [-0.05, 0) is 31.6 Å². The minimum absolute atomic E-state index is 0.224. The molecule has 3 heteroatoms. The summed E-state index contributed by atoms with van der Waals surface area (Å²) in [5, 5.41) is 3.13. The fourth-order valence-electron chi connectivity index (χ4n) is 2.46. The van der Waals surface area contributed by atoms with Gasteiger partial charge >= 0.3 is 0 Å². The standard InChI is InChI=1S/C13H26N2O/c1-3-4-10(2)9-13(16)15-12-7-5-11(14)6-8-12/h10-12H,3-9,14H2,1-2H3,(H,15,16). The molecular formula is C13H26N2O. The van der Waals surface area contributed by atoms with Crippen LogP contribution in [0.3, 0.4) is 0 Å². The Hall–Kier alpha value is -0.570. The Labute approximate surface area is 99.2 Å². The maximum Gasteiger partial charge on any atom is 0.220 e. The van der Waals surface area contributed by atoms with Gasteiger partial charge in [-0.25, -0.2) is 0 Å². The van der Waals surface area contributed by atoms with Crippen molar-refractivity contribution in [3.05, 3.63) is 0 Å². The van der Waals surface area contributed by atoms with Crippen molar-refractivity contribution in [1.29, 1.82) is 0 Å². The lowest BCUT2D eigenvalue weighted by atomic mass is 9.91. The van der Waals surface area contributed by atoms with Crippen LogP contribution in [0.4, 0.5) is 0 Å². The molecule has 1 saturated carbocycles. The van der Waals surface area contributed by atoms with Crippen LogP contribution in [-0.2, 0) is 4.79 Å². The van der Waals surface area contributed by atoms with Crippen LogP contribution in [-0.4, -0.2) is 18.0 Å². The van der Waals surface area contributed by atoms with Gasteiger partial charge in [0.2, 0.25) is 5.91 Å². The van der Waals surface area contributed by atoms with E-state index in [0.29, 0.717) is 24.4 Å². The lowest BCUT2D eigenvalue weighted by Gasteiger charge is -2.27. The zero-order valence-electron chi connectivity index (χ0n) is 10.7. The maximum absolute atomic E-state index is 11.7. The number of carbonyl (C=O) groups is 1. The van der Waals surface area contributed by atoms with E-state index in [1.165, 1.54) is 0 Å². The van der Waals surface area contributed by atoms with Crippen LogP contribution in [0.2, 0.25) is 0 Å². The van der Waals surface area contributed by atoms with E-state index in [1.54, 1.807) is 0 Å². The predicted molar refractivity (Wildman–Crippen MR) is 67.1 cm³/mol. The molecule has 1 atom stereocenters. The quantitative estimate of drug-likeness (QED) is 0.755. The third-order valence-electron chi connectivity index (χ3n) is 3.45. The number of rotatable bonds is 5. The van der Waals surface area contributed by atoms with Crippen LogP contribution >= 0.6 is 0 Å². The lowest BCUT2D eigenvalue weighted by molar-refractivity contribution is -0.122. The van der Waals surface area contributed by atoms with Crippen LogP contribution in [0.1, 0.15) is 58.8 Å². The smallest absolute Gasteiger partial charge is 0.220 e. The summed E-state index contributed by atoms with van der Waals surface area (Å²) in [4.78, 5) is 11.7. The molecule has 0 aromatic carbocycles. The predicted octanol–water partition coefficient (Wildman–Crippen LogP) is 2.20. The Morgan fingerprint density at radius 3 is 2.56 bits per heavy atom. The van der Waals surface area contributed by atoms with Gasteiger partial charge in [0.15, 0.2) is 0 Å². The van der Waals surface area contributed by atoms with Crippen molar-refractivity contribution < 1.29 is 4.79 Å². The first-order valence-corrected chi connectivity index (χ1v) is 6.66. The highest BCUT2D eigenvalue weighted by atomic mass is 16.1. The molecule has 1 fully saturated rings. The van der Waals surface area contributed by atoms with Crippen LogP contribution in [0.5, 0.6) is 0 Å². The Morgan fingerprint density at radius 2 is 2.00 bits per heavy atom. The SMILES string of the molecule is CCCC(C)CC(=O)NC1CCC(N)CC1. The Morgan fingerprint density at radius 1 is 1.38 bits per heavy atom. The summed E-state index contributed by atoms with van der Waals surface area (Å²) >= 11 is 0. The van der Waals surface area contributed by atoms with Gasteiger partial charge in [-0.2, -0.15) is 0 Å². The van der Waals surface area contributed by atoms with Crippen molar-refractivity contribution >= 4 is 5.91 Å². The van der Waals surface area contributed by atoms with E-state index in [-0.39, 0.29) is 5.91 Å². The van der Waals surface area contributed by atoms with Gasteiger partial charge < -0.3 is 11.1 Å². The monoisotopic (exact) mass is 226 g/mol. The van der Waals surface area contributed by atoms with Crippen LogP contribution in [0, 0.1) is 5.92 Å². The van der Waals surface area contributed by atoms with Gasteiger partial charge in [-0.1, -0.05) is 26.7 Å². The Balaban J connectivity index is 2.18. The molecule has 0 bridgehead atoms. The Bertz CT molecular complexity index is 210. The number of carbonyl (C=O) groups excluding carboxylic acids is 1. The van der Waals surface area contributed by atoms with Gasteiger partial charge in [0.05, 0.1) is 0 Å². The topological polar surface area (TPSA) is 55.1 Å². The molecule has 0 aromatic heterocycles. The van der Waals surface area contributed by atoms with Gasteiger partial charge in [-0.15, -0.1) is 0 Å². The van der Waals surface area contributed by atoms with Crippen molar-refractivity contribution in [2.24, 2.45) is 11.7 Å². The van der Waals surface area contributed by atoms with Gasteiger partial charge in [0.25, 0.3) is 0 Å². The number of nitrogens with two attached hydrogens (primary N) is 1. The van der Waals surface area contributed by atoms with Crippen molar-refractivity contribution in [3.63, 3.8) is 0 Å². The zero-order valence-corrected chi connectivity index (χ0v) is 10.7. The molecule has 1 aliphatic rings. The van der Waals surface area contributed by atoms with Crippen LogP contribution < -0.4 is 11.1 Å². The van der Waals surface area contributed by atoms with E-state index in [4.69, 9.17) is 5.73 Å². The molecule has 0 heterocycles. The summed E-state index contributed by atoms with van der Waals surface area (Å²) in [6.45, 7) is 4.32. The van der Waals surface area contributed by atoms with E-state index in [9.17, 15) is 4.79 Å². The minimum Gasteiger partial charge on any atom is -0.353 e. The molecular weight excluding hydrogens is 200 g/mol. The third-order valence-corrected chi connectivity index (χ3v) is 3.45. The summed E-state index contributed by atoms with van der Waals surface area (Å²) in [5.74, 6) is 0.734. The van der Waals surface area contributed by atoms with Gasteiger partial charge in [0, 0.05) is 18.5 Å². The van der Waals surface area contributed by atoms with Gasteiger partial charge in [0.1, 0.15) is 0 Å². The van der Waals surface area contributed by atoms with Crippen molar-refractivity contribution in [1.82, 2.24) is 5.32 Å². The van der Waals surface area contributed by atoms with Crippen molar-refractivity contribution in [2.45, 2.75) is 70.9 Å². The number of hydrogen-bond donors (Lipinski definition) is 2. The second-order valence-electron chi connectivity index (χ2n) is 5.28. The number of nitrogens with one attached hydrogen (secondary N) is 1. The maximum atomic E-state index is 11.7. The largest absolute Gasteiger partial charge is 0.353 e. The molecule has 0 saturated heterocycles. The molecule has 3 nitrogen and oxygen atoms in total. The summed E-state index contributed by atoms with van der Waals surface area (Å²) in [6.07, 6.45) is 7.18. The first-order chi connectivity index (χ1) is 7.61. The first-order valence-electron chi connectivity index (χ1n) is 6.66. The average Bonchev–Trinajstić information content (AvgIpc) is 2.21. The van der Waals surface area contributed by atoms with E-state index in [0.717, 1.165) is 38.5 Å². The summed E-state index contributed by atoms with van der Waals surface area (Å²) in [7, 11) is 0. The van der Waals surface area contributed by atoms with E-state index in [2.05, 4.69) is 19.2 Å². The molecule has 0 spiro atoms. The number of hydrogen-bond acceptors (Lipinski definition) is 2. The lowest BCUT2D eigenvalue weighted by Crippen LogP contribution is -2.40. The molecule has 0 aliphatic heterocycles. The molecule has 3 N–H and O–H groups in total. The summed E-state index contributed by atoms with van der Waals surface area (Å²) < 4.78 is 0. The van der Waals surface area contributed by atoms with Gasteiger partial charge in [-0.3, -0.25) is 4.79 Å². The fraction of sp³-hybridized carbons (Fsp3) is 0.923. The molecule has 1 amide bonds.